The molecule has 50 heavy (non-hydrogen) atoms. The molecule has 4 aliphatic heterocycles. The Kier molecular flexibility index (Phi) is 10.5. The SMILES string of the molecule is CCN(CC)c1ccc(N2CC=C[C@@]34O[C@H]5/C=C\CCC(=O)N(C)[C@@H](C)[C@H](c6ccccc6)OC(=O)[C@H]5[C@@H]3C(=O)N(CCCO)[C@H]4C2=O)cc1. The summed E-state index contributed by atoms with van der Waals surface area (Å²) in [6.07, 6.45) is 6.42. The Morgan fingerprint density at radius 3 is 2.36 bits per heavy atom. The highest BCUT2D eigenvalue weighted by atomic mass is 16.6. The van der Waals surface area contributed by atoms with E-state index < -0.39 is 47.7 Å². The van der Waals surface area contributed by atoms with Crippen molar-refractivity contribution in [3.63, 3.8) is 0 Å². The normalized spacial score (nSPS) is 30.5. The molecule has 0 bridgehead atoms. The Hall–Kier alpha value is -4.48. The number of aliphatic hydroxyl groups is 1. The van der Waals surface area contributed by atoms with Crippen LogP contribution in [-0.2, 0) is 28.7 Å². The Morgan fingerprint density at radius 1 is 0.960 bits per heavy atom. The summed E-state index contributed by atoms with van der Waals surface area (Å²) >= 11 is 0. The van der Waals surface area contributed by atoms with E-state index in [1.807, 2.05) is 73.7 Å². The molecule has 0 radical (unpaired) electrons. The van der Waals surface area contributed by atoms with Crippen molar-refractivity contribution in [2.45, 2.75) is 69.9 Å². The van der Waals surface area contributed by atoms with Crippen LogP contribution in [0.3, 0.4) is 0 Å². The molecule has 11 heteroatoms. The van der Waals surface area contributed by atoms with Crippen LogP contribution in [0.25, 0.3) is 0 Å². The van der Waals surface area contributed by atoms with Crippen LogP contribution in [0.15, 0.2) is 78.9 Å². The van der Waals surface area contributed by atoms with Gasteiger partial charge in [-0.25, -0.2) is 0 Å². The van der Waals surface area contributed by atoms with E-state index in [9.17, 15) is 24.3 Å². The minimum absolute atomic E-state index is 0.0867. The number of rotatable bonds is 8. The molecule has 0 saturated carbocycles. The number of amides is 3. The number of cyclic esters (lactones) is 1. The lowest BCUT2D eigenvalue weighted by Crippen LogP contribution is -2.55. The van der Waals surface area contributed by atoms with Gasteiger partial charge >= 0.3 is 5.97 Å². The number of likely N-dealkylation sites (tertiary alicyclic amines) is 1. The van der Waals surface area contributed by atoms with Gasteiger partial charge in [-0.15, -0.1) is 0 Å². The second-order valence-electron chi connectivity index (χ2n) is 13.5. The predicted octanol–water partition coefficient (Wildman–Crippen LogP) is 3.88. The predicted molar refractivity (Wildman–Crippen MR) is 189 cm³/mol. The Bertz CT molecular complexity index is 1620. The maximum absolute atomic E-state index is 14.8. The van der Waals surface area contributed by atoms with Gasteiger partial charge in [-0.3, -0.25) is 19.2 Å². The number of allylic oxidation sites excluding steroid dienone is 1. The fourth-order valence-corrected chi connectivity index (χ4v) is 8.03. The molecule has 4 aliphatic rings. The van der Waals surface area contributed by atoms with Gasteiger partial charge in [0.15, 0.2) is 0 Å². The summed E-state index contributed by atoms with van der Waals surface area (Å²) in [6, 6.07) is 15.5. The quantitative estimate of drug-likeness (QED) is 0.329. The van der Waals surface area contributed by atoms with Crippen molar-refractivity contribution in [3.05, 3.63) is 84.5 Å². The number of benzene rings is 2. The summed E-state index contributed by atoms with van der Waals surface area (Å²) < 4.78 is 13.1. The summed E-state index contributed by atoms with van der Waals surface area (Å²) in [4.78, 5) is 64.0. The number of hydrogen-bond acceptors (Lipinski definition) is 8. The number of carbonyl (C=O) groups excluding carboxylic acids is 4. The molecule has 1 spiro atoms. The average molecular weight is 685 g/mol. The maximum atomic E-state index is 14.8. The van der Waals surface area contributed by atoms with Crippen LogP contribution in [0.2, 0.25) is 0 Å². The van der Waals surface area contributed by atoms with Crippen LogP contribution in [0.5, 0.6) is 0 Å². The van der Waals surface area contributed by atoms with Gasteiger partial charge in [-0.05, 0) is 63.4 Å². The molecule has 0 aromatic heterocycles. The second-order valence-corrected chi connectivity index (χ2v) is 13.5. The first-order chi connectivity index (χ1) is 24.2. The minimum Gasteiger partial charge on any atom is -0.455 e. The summed E-state index contributed by atoms with van der Waals surface area (Å²) in [5.41, 5.74) is 0.989. The van der Waals surface area contributed by atoms with Crippen LogP contribution in [0, 0.1) is 11.8 Å². The molecule has 266 valence electrons. The van der Waals surface area contributed by atoms with E-state index in [1.165, 1.54) is 4.90 Å². The van der Waals surface area contributed by atoms with Gasteiger partial charge in [0.1, 0.15) is 23.7 Å². The zero-order valence-corrected chi connectivity index (χ0v) is 29.3. The molecule has 0 aliphatic carbocycles. The number of ether oxygens (including phenoxy) is 2. The van der Waals surface area contributed by atoms with Crippen molar-refractivity contribution in [1.82, 2.24) is 9.80 Å². The summed E-state index contributed by atoms with van der Waals surface area (Å²) in [5.74, 6) is -3.53. The Labute approximate surface area is 294 Å². The van der Waals surface area contributed by atoms with E-state index in [0.717, 1.165) is 24.3 Å². The first kappa shape index (κ1) is 35.3. The fraction of sp³-hybridized carbons (Fsp3) is 0.487. The number of carbonyl (C=O) groups is 4. The molecule has 2 saturated heterocycles. The van der Waals surface area contributed by atoms with Crippen molar-refractivity contribution in [3.8, 4) is 0 Å². The molecule has 0 unspecified atom stereocenters. The van der Waals surface area contributed by atoms with Crippen molar-refractivity contribution in [2.75, 3.05) is 49.6 Å². The summed E-state index contributed by atoms with van der Waals surface area (Å²) in [5, 5.41) is 9.79. The number of nitrogens with zero attached hydrogens (tertiary/aromatic N) is 4. The number of anilines is 2. The van der Waals surface area contributed by atoms with Gasteiger partial charge in [0.25, 0.3) is 5.91 Å². The number of fused-ring (bicyclic) bond motifs is 2. The van der Waals surface area contributed by atoms with Crippen molar-refractivity contribution in [1.29, 1.82) is 0 Å². The molecule has 11 nitrogen and oxygen atoms in total. The molecule has 3 amide bonds. The molecule has 2 fully saturated rings. The minimum atomic E-state index is -1.46. The zero-order chi connectivity index (χ0) is 35.6. The summed E-state index contributed by atoms with van der Waals surface area (Å²) in [6.45, 7) is 7.93. The van der Waals surface area contributed by atoms with Crippen molar-refractivity contribution >= 4 is 35.1 Å². The summed E-state index contributed by atoms with van der Waals surface area (Å²) in [7, 11) is 1.71. The number of aliphatic hydroxyl groups excluding tert-OH is 1. The van der Waals surface area contributed by atoms with E-state index in [4.69, 9.17) is 9.47 Å². The average Bonchev–Trinajstić information content (AvgIpc) is 3.51. The van der Waals surface area contributed by atoms with Crippen molar-refractivity contribution in [2.24, 2.45) is 11.8 Å². The van der Waals surface area contributed by atoms with E-state index in [1.54, 1.807) is 29.0 Å². The molecule has 2 aromatic carbocycles. The molecule has 6 rings (SSSR count). The highest BCUT2D eigenvalue weighted by Gasteiger charge is 2.71. The molecule has 7 atom stereocenters. The first-order valence-electron chi connectivity index (χ1n) is 17.8. The number of likely N-dealkylation sites (N-methyl/N-ethyl adjacent to an activating group) is 1. The van der Waals surface area contributed by atoms with Gasteiger partial charge in [0, 0.05) is 57.6 Å². The van der Waals surface area contributed by atoms with Gasteiger partial charge in [0.2, 0.25) is 11.8 Å². The van der Waals surface area contributed by atoms with Crippen LogP contribution in [0.1, 0.15) is 51.7 Å². The van der Waals surface area contributed by atoms with E-state index >= 15 is 0 Å². The number of hydrogen-bond donors (Lipinski definition) is 1. The Balaban J connectivity index is 1.41. The van der Waals surface area contributed by atoms with Gasteiger partial charge < -0.3 is 34.2 Å². The third-order valence-electron chi connectivity index (χ3n) is 10.8. The Morgan fingerprint density at radius 2 is 1.68 bits per heavy atom. The fourth-order valence-electron chi connectivity index (χ4n) is 8.03. The third kappa shape index (κ3) is 6.21. The molecule has 1 N–H and O–H groups in total. The molecular formula is C39H48N4O7. The third-order valence-corrected chi connectivity index (χ3v) is 10.8. The monoisotopic (exact) mass is 684 g/mol. The molecular weight excluding hydrogens is 636 g/mol. The zero-order valence-electron chi connectivity index (χ0n) is 29.3. The largest absolute Gasteiger partial charge is 0.455 e. The smallest absolute Gasteiger partial charge is 0.313 e. The first-order valence-corrected chi connectivity index (χ1v) is 17.8. The number of esters is 1. The molecule has 4 heterocycles. The van der Waals surface area contributed by atoms with Crippen LogP contribution >= 0.6 is 0 Å². The standard InChI is InChI=1S/C39H48N4O7/c1-5-41(6-2)28-18-20-29(21-19-28)42-23-12-22-39-33(36(46)43(24-13-25-44)35(39)37(42)47)32-30(50-39)16-10-11-17-31(45)40(4)26(3)34(49-38(32)48)27-14-8-7-9-15-27/h7-10,12,14-16,18-22,26,30,32-35,44H,5-6,11,13,17,23-25H2,1-4H3/b16-10-/t26-,30-,32+,33+,34+,35-,39+/m0/s1. The lowest BCUT2D eigenvalue weighted by molar-refractivity contribution is -0.164. The van der Waals surface area contributed by atoms with Crippen molar-refractivity contribution < 1.29 is 33.8 Å². The van der Waals surface area contributed by atoms with E-state index in [-0.39, 0.29) is 50.3 Å². The lowest BCUT2D eigenvalue weighted by Gasteiger charge is -2.35. The van der Waals surface area contributed by atoms with Gasteiger partial charge in [-0.1, -0.05) is 54.6 Å². The topological polar surface area (TPSA) is 120 Å². The second kappa shape index (κ2) is 14.8. The van der Waals surface area contributed by atoms with Crippen LogP contribution < -0.4 is 9.80 Å². The molecule has 2 aromatic rings. The van der Waals surface area contributed by atoms with E-state index in [2.05, 4.69) is 18.7 Å². The highest BCUT2D eigenvalue weighted by Crippen LogP contribution is 2.53. The highest BCUT2D eigenvalue weighted by molar-refractivity contribution is 6.05. The van der Waals surface area contributed by atoms with E-state index in [0.29, 0.717) is 12.1 Å². The van der Waals surface area contributed by atoms with Gasteiger partial charge in [0.05, 0.1) is 18.1 Å². The lowest BCUT2D eigenvalue weighted by atomic mass is 9.77. The van der Waals surface area contributed by atoms with Crippen LogP contribution in [-0.4, -0.2) is 102 Å². The maximum Gasteiger partial charge on any atom is 0.313 e. The van der Waals surface area contributed by atoms with Crippen LogP contribution in [0.4, 0.5) is 11.4 Å². The van der Waals surface area contributed by atoms with Gasteiger partial charge in [-0.2, -0.15) is 0 Å².